The standard InChI is InChI=1S/C14H15N5O.ClH/c20-14(9-1-2-10-6-15-7-11(10)5-9)19-4-3-12-13(8-19)17-18-16-12;/h1-2,5,15H,3-4,6-8H2,(H,16,17,18);1H. The van der Waals surface area contributed by atoms with Crippen LogP contribution in [0.1, 0.15) is 32.9 Å². The fraction of sp³-hybridized carbons (Fsp3) is 0.357. The fourth-order valence-corrected chi connectivity index (χ4v) is 2.89. The average molecular weight is 306 g/mol. The number of hydrogen-bond donors (Lipinski definition) is 2. The van der Waals surface area contributed by atoms with Crippen molar-refractivity contribution in [3.63, 3.8) is 0 Å². The molecule has 1 aromatic carbocycles. The van der Waals surface area contributed by atoms with Crippen molar-refractivity contribution < 1.29 is 4.79 Å². The van der Waals surface area contributed by atoms with Gasteiger partial charge in [-0.15, -0.1) is 12.4 Å². The molecule has 2 aliphatic rings. The van der Waals surface area contributed by atoms with E-state index in [4.69, 9.17) is 0 Å². The number of carbonyl (C=O) groups excluding carboxylic acids is 1. The van der Waals surface area contributed by atoms with E-state index < -0.39 is 0 Å². The third-order valence-corrected chi connectivity index (χ3v) is 4.03. The SMILES string of the molecule is Cl.O=C(c1ccc2c(c1)CNC2)N1CCc2n[nH]nc2C1. The van der Waals surface area contributed by atoms with Crippen molar-refractivity contribution in [2.24, 2.45) is 0 Å². The molecular formula is C14H16ClN5O. The highest BCUT2D eigenvalue weighted by Crippen LogP contribution is 2.20. The minimum Gasteiger partial charge on any atom is -0.332 e. The first-order chi connectivity index (χ1) is 9.81. The Bertz CT molecular complexity index is 684. The van der Waals surface area contributed by atoms with Gasteiger partial charge in [0.2, 0.25) is 0 Å². The van der Waals surface area contributed by atoms with E-state index >= 15 is 0 Å². The highest BCUT2D eigenvalue weighted by atomic mass is 35.5. The molecule has 0 bridgehead atoms. The van der Waals surface area contributed by atoms with E-state index in [0.717, 1.165) is 36.5 Å². The Hall–Kier alpha value is -1.92. The van der Waals surface area contributed by atoms with Crippen molar-refractivity contribution in [3.05, 3.63) is 46.3 Å². The number of aromatic amines is 1. The van der Waals surface area contributed by atoms with Crippen molar-refractivity contribution in [1.82, 2.24) is 25.6 Å². The number of halogens is 1. The van der Waals surface area contributed by atoms with E-state index in [1.165, 1.54) is 11.1 Å². The van der Waals surface area contributed by atoms with Crippen LogP contribution in [-0.2, 0) is 26.1 Å². The maximum atomic E-state index is 12.6. The molecule has 2 aromatic rings. The van der Waals surface area contributed by atoms with Crippen LogP contribution in [0.25, 0.3) is 0 Å². The van der Waals surface area contributed by atoms with Crippen molar-refractivity contribution >= 4 is 18.3 Å². The van der Waals surface area contributed by atoms with E-state index in [9.17, 15) is 4.79 Å². The fourth-order valence-electron chi connectivity index (χ4n) is 2.89. The highest BCUT2D eigenvalue weighted by molar-refractivity contribution is 5.94. The molecule has 4 rings (SSSR count). The van der Waals surface area contributed by atoms with Gasteiger partial charge < -0.3 is 10.2 Å². The Balaban J connectivity index is 0.00000132. The van der Waals surface area contributed by atoms with Gasteiger partial charge in [0.05, 0.1) is 12.2 Å². The average Bonchev–Trinajstić information content (AvgIpc) is 3.13. The third-order valence-electron chi connectivity index (χ3n) is 4.03. The van der Waals surface area contributed by atoms with Gasteiger partial charge in [-0.25, -0.2) is 0 Å². The maximum Gasteiger partial charge on any atom is 0.254 e. The summed E-state index contributed by atoms with van der Waals surface area (Å²) in [6, 6.07) is 5.98. The van der Waals surface area contributed by atoms with Crippen LogP contribution in [-0.4, -0.2) is 32.8 Å². The molecule has 2 aliphatic heterocycles. The van der Waals surface area contributed by atoms with Gasteiger partial charge >= 0.3 is 0 Å². The summed E-state index contributed by atoms with van der Waals surface area (Å²) in [6.45, 7) is 2.99. The van der Waals surface area contributed by atoms with Gasteiger partial charge in [0, 0.05) is 31.6 Å². The molecule has 0 saturated heterocycles. The largest absolute Gasteiger partial charge is 0.332 e. The minimum absolute atomic E-state index is 0. The molecule has 2 N–H and O–H groups in total. The van der Waals surface area contributed by atoms with Crippen LogP contribution in [0.5, 0.6) is 0 Å². The van der Waals surface area contributed by atoms with Crippen LogP contribution in [0.4, 0.5) is 0 Å². The second kappa shape index (κ2) is 5.46. The summed E-state index contributed by atoms with van der Waals surface area (Å²) >= 11 is 0. The Labute approximate surface area is 128 Å². The minimum atomic E-state index is 0. The summed E-state index contributed by atoms with van der Waals surface area (Å²) in [5.74, 6) is 0.0772. The number of nitrogens with zero attached hydrogens (tertiary/aromatic N) is 3. The number of fused-ring (bicyclic) bond motifs is 2. The third kappa shape index (κ3) is 2.41. The number of nitrogens with one attached hydrogen (secondary N) is 2. The zero-order valence-corrected chi connectivity index (χ0v) is 12.2. The summed E-state index contributed by atoms with van der Waals surface area (Å²) in [4.78, 5) is 14.4. The lowest BCUT2D eigenvalue weighted by Gasteiger charge is -2.25. The summed E-state index contributed by atoms with van der Waals surface area (Å²) in [5, 5.41) is 14.1. The number of hydrogen-bond acceptors (Lipinski definition) is 4. The van der Waals surface area contributed by atoms with E-state index in [2.05, 4.69) is 20.7 Å². The van der Waals surface area contributed by atoms with E-state index in [1.807, 2.05) is 23.1 Å². The molecule has 0 saturated carbocycles. The van der Waals surface area contributed by atoms with Crippen molar-refractivity contribution in [3.8, 4) is 0 Å². The van der Waals surface area contributed by atoms with Crippen LogP contribution in [0.2, 0.25) is 0 Å². The number of aromatic nitrogens is 3. The summed E-state index contributed by atoms with van der Waals surface area (Å²) < 4.78 is 0. The van der Waals surface area contributed by atoms with Gasteiger partial charge in [-0.1, -0.05) is 6.07 Å². The van der Waals surface area contributed by atoms with Gasteiger partial charge in [0.25, 0.3) is 5.91 Å². The molecule has 1 aromatic heterocycles. The first kappa shape index (κ1) is 14.0. The Morgan fingerprint density at radius 3 is 2.86 bits per heavy atom. The van der Waals surface area contributed by atoms with Gasteiger partial charge in [0.1, 0.15) is 5.69 Å². The molecule has 7 heteroatoms. The zero-order chi connectivity index (χ0) is 13.5. The first-order valence-corrected chi connectivity index (χ1v) is 6.81. The number of rotatable bonds is 1. The van der Waals surface area contributed by atoms with Crippen LogP contribution in [0.15, 0.2) is 18.2 Å². The second-order valence-electron chi connectivity index (χ2n) is 5.28. The van der Waals surface area contributed by atoms with Crippen molar-refractivity contribution in [2.45, 2.75) is 26.1 Å². The molecule has 0 aliphatic carbocycles. The Morgan fingerprint density at radius 1 is 1.14 bits per heavy atom. The Kier molecular flexibility index (Phi) is 3.65. The number of H-pyrrole nitrogens is 1. The lowest BCUT2D eigenvalue weighted by Crippen LogP contribution is -2.36. The van der Waals surface area contributed by atoms with E-state index in [1.54, 1.807) is 0 Å². The number of carbonyl (C=O) groups is 1. The molecule has 1 amide bonds. The smallest absolute Gasteiger partial charge is 0.254 e. The molecule has 6 nitrogen and oxygen atoms in total. The van der Waals surface area contributed by atoms with Crippen LogP contribution >= 0.6 is 12.4 Å². The molecule has 0 spiro atoms. The molecule has 0 fully saturated rings. The van der Waals surface area contributed by atoms with Gasteiger partial charge in [-0.2, -0.15) is 15.4 Å². The quantitative estimate of drug-likeness (QED) is 0.825. The molecule has 3 heterocycles. The van der Waals surface area contributed by atoms with Gasteiger partial charge in [-0.3, -0.25) is 4.79 Å². The van der Waals surface area contributed by atoms with Crippen molar-refractivity contribution in [2.75, 3.05) is 6.54 Å². The zero-order valence-electron chi connectivity index (χ0n) is 11.4. The maximum absolute atomic E-state index is 12.6. The molecule has 0 radical (unpaired) electrons. The highest BCUT2D eigenvalue weighted by Gasteiger charge is 2.25. The van der Waals surface area contributed by atoms with Crippen LogP contribution in [0.3, 0.4) is 0 Å². The lowest BCUT2D eigenvalue weighted by molar-refractivity contribution is 0.0732. The predicted molar refractivity (Wildman–Crippen MR) is 79.1 cm³/mol. The molecule has 0 atom stereocenters. The molecule has 21 heavy (non-hydrogen) atoms. The molecule has 110 valence electrons. The first-order valence-electron chi connectivity index (χ1n) is 6.81. The van der Waals surface area contributed by atoms with E-state index in [0.29, 0.717) is 13.1 Å². The summed E-state index contributed by atoms with van der Waals surface area (Å²) in [7, 11) is 0. The topological polar surface area (TPSA) is 73.9 Å². The van der Waals surface area contributed by atoms with E-state index in [-0.39, 0.29) is 18.3 Å². The van der Waals surface area contributed by atoms with Crippen LogP contribution < -0.4 is 5.32 Å². The van der Waals surface area contributed by atoms with Crippen molar-refractivity contribution in [1.29, 1.82) is 0 Å². The number of benzene rings is 1. The summed E-state index contributed by atoms with van der Waals surface area (Å²) in [6.07, 6.45) is 0.768. The molecular weight excluding hydrogens is 290 g/mol. The van der Waals surface area contributed by atoms with Gasteiger partial charge in [0.15, 0.2) is 0 Å². The molecule has 0 unspecified atom stereocenters. The normalized spacial score (nSPS) is 16.1. The lowest BCUT2D eigenvalue weighted by atomic mass is 10.0. The Morgan fingerprint density at radius 2 is 1.95 bits per heavy atom. The monoisotopic (exact) mass is 305 g/mol. The van der Waals surface area contributed by atoms with Crippen LogP contribution in [0, 0.1) is 0 Å². The predicted octanol–water partition coefficient (Wildman–Crippen LogP) is 1.03. The number of amides is 1. The summed E-state index contributed by atoms with van der Waals surface area (Å²) in [5.41, 5.74) is 5.15. The second-order valence-corrected chi connectivity index (χ2v) is 5.28. The van der Waals surface area contributed by atoms with Gasteiger partial charge in [-0.05, 0) is 23.3 Å².